The quantitative estimate of drug-likeness (QED) is 0.116. The summed E-state index contributed by atoms with van der Waals surface area (Å²) in [6, 6.07) is 12.5. The zero-order chi connectivity index (χ0) is 45.1. The highest BCUT2D eigenvalue weighted by Crippen LogP contribution is 2.54. The average molecular weight is 885 g/mol. The number of nitrogens with one attached hydrogen (secondary N) is 2. The number of aryl methyl sites for hydroxylation is 2. The lowest BCUT2D eigenvalue weighted by atomic mass is 9.56. The second-order valence-corrected chi connectivity index (χ2v) is 19.2. The molecule has 14 nitrogen and oxygen atoms in total. The van der Waals surface area contributed by atoms with E-state index in [1.54, 1.807) is 42.2 Å². The summed E-state index contributed by atoms with van der Waals surface area (Å²) in [5.74, 6) is -0.942. The topological polar surface area (TPSA) is 166 Å². The highest BCUT2D eigenvalue weighted by Gasteiger charge is 2.45. The van der Waals surface area contributed by atoms with Crippen molar-refractivity contribution in [3.63, 3.8) is 0 Å². The van der Waals surface area contributed by atoms with Crippen molar-refractivity contribution < 1.29 is 37.4 Å². The fraction of sp³-hybridized carbons (Fsp3) is 0.532. The Bertz CT molecular complexity index is 2660. The van der Waals surface area contributed by atoms with Crippen molar-refractivity contribution in [1.82, 2.24) is 34.1 Å². The van der Waals surface area contributed by atoms with Gasteiger partial charge in [-0.1, -0.05) is 18.2 Å². The standard InChI is InChI=1S/C47H55F3N8O6/c1-45(2,63)33-23-35-31(22-36(33)52-42(60)34-7-5-9-40(51-34)64-47(48,49)50)27-57(54-35)32-14-11-28(12-15-32)26-56-20-18-46(19-21-56)24-29(25-46)10-13-30-6-4-8-37-41(30)55(3)44(62)58(37)38-16-17-39(59)53-43(38)61/h4-9,22-23,27-29,32,38,63H,10-21,24-26H2,1-3H3,(H,52,60)(H,53,59,61). The maximum Gasteiger partial charge on any atom is 0.574 e. The number of carbonyl (C=O) groups is 3. The van der Waals surface area contributed by atoms with E-state index < -0.39 is 35.7 Å². The van der Waals surface area contributed by atoms with E-state index in [1.165, 1.54) is 37.8 Å². The van der Waals surface area contributed by atoms with Crippen LogP contribution in [0.25, 0.3) is 21.9 Å². The molecule has 1 atom stereocenters. The minimum atomic E-state index is -4.95. The minimum Gasteiger partial charge on any atom is -0.388 e. The summed E-state index contributed by atoms with van der Waals surface area (Å²) in [6.45, 7) is 6.53. The monoisotopic (exact) mass is 884 g/mol. The van der Waals surface area contributed by atoms with E-state index >= 15 is 0 Å². The number of imide groups is 1. The maximum atomic E-state index is 13.4. The average Bonchev–Trinajstić information content (AvgIpc) is 3.76. The van der Waals surface area contributed by atoms with Gasteiger partial charge >= 0.3 is 12.1 Å². The lowest BCUT2D eigenvalue weighted by Crippen LogP contribution is -2.48. The molecule has 3 N–H and O–H groups in total. The number of aliphatic hydroxyl groups is 1. The van der Waals surface area contributed by atoms with Crippen molar-refractivity contribution in [3.05, 3.63) is 82.0 Å². The smallest absolute Gasteiger partial charge is 0.388 e. The number of halogens is 3. The first-order valence-corrected chi connectivity index (χ1v) is 22.5. The molecule has 3 amide bonds. The number of ether oxygens (including phenoxy) is 1. The maximum absolute atomic E-state index is 13.4. The highest BCUT2D eigenvalue weighted by atomic mass is 19.4. The lowest BCUT2D eigenvalue weighted by Gasteiger charge is -2.53. The second-order valence-electron chi connectivity index (χ2n) is 19.2. The summed E-state index contributed by atoms with van der Waals surface area (Å²) in [7, 11) is 1.77. The number of rotatable bonds is 11. The van der Waals surface area contributed by atoms with Crippen LogP contribution >= 0.6 is 0 Å². The molecule has 2 aliphatic carbocycles. The molecule has 340 valence electrons. The molecule has 17 heteroatoms. The number of anilines is 1. The number of hydrogen-bond donors (Lipinski definition) is 3. The largest absolute Gasteiger partial charge is 0.574 e. The molecule has 1 spiro atoms. The molecule has 64 heavy (non-hydrogen) atoms. The minimum absolute atomic E-state index is 0.214. The molecule has 4 aliphatic rings. The predicted molar refractivity (Wildman–Crippen MR) is 233 cm³/mol. The van der Waals surface area contributed by atoms with Gasteiger partial charge in [0.15, 0.2) is 0 Å². The molecule has 4 fully saturated rings. The van der Waals surface area contributed by atoms with Crippen LogP contribution in [0.5, 0.6) is 5.88 Å². The van der Waals surface area contributed by atoms with Crippen LogP contribution in [0.15, 0.2) is 59.5 Å². The number of imidazole rings is 1. The molecule has 5 aromatic rings. The van der Waals surface area contributed by atoms with Gasteiger partial charge in [0.2, 0.25) is 17.7 Å². The Morgan fingerprint density at radius 1 is 0.984 bits per heavy atom. The van der Waals surface area contributed by atoms with Crippen LogP contribution in [0, 0.1) is 17.3 Å². The molecule has 2 saturated heterocycles. The van der Waals surface area contributed by atoms with Gasteiger partial charge in [-0.15, -0.1) is 13.2 Å². The molecular formula is C47H55F3N8O6. The lowest BCUT2D eigenvalue weighted by molar-refractivity contribution is -0.276. The Balaban J connectivity index is 0.757. The Kier molecular flexibility index (Phi) is 11.5. The number of benzene rings is 2. The highest BCUT2D eigenvalue weighted by molar-refractivity contribution is 6.04. The first-order chi connectivity index (χ1) is 30.4. The van der Waals surface area contributed by atoms with Crippen molar-refractivity contribution in [2.75, 3.05) is 25.0 Å². The summed E-state index contributed by atoms with van der Waals surface area (Å²) in [5, 5.41) is 21.8. The second kappa shape index (κ2) is 16.8. The molecular weight excluding hydrogens is 830 g/mol. The van der Waals surface area contributed by atoms with Crippen molar-refractivity contribution in [1.29, 1.82) is 0 Å². The molecule has 0 radical (unpaired) electrons. The van der Waals surface area contributed by atoms with Crippen molar-refractivity contribution in [2.24, 2.45) is 24.3 Å². The fourth-order valence-corrected chi connectivity index (χ4v) is 11.0. The van der Waals surface area contributed by atoms with Crippen molar-refractivity contribution >= 4 is 45.3 Å². The number of fused-ring (bicyclic) bond motifs is 2. The van der Waals surface area contributed by atoms with Gasteiger partial charge in [-0.2, -0.15) is 5.10 Å². The van der Waals surface area contributed by atoms with E-state index in [4.69, 9.17) is 5.10 Å². The molecule has 2 saturated carbocycles. The third-order valence-electron chi connectivity index (χ3n) is 14.3. The van der Waals surface area contributed by atoms with Crippen molar-refractivity contribution in [3.8, 4) is 5.88 Å². The van der Waals surface area contributed by atoms with Crippen LogP contribution in [0.2, 0.25) is 0 Å². The fourth-order valence-electron chi connectivity index (χ4n) is 11.0. The van der Waals surface area contributed by atoms with Crippen molar-refractivity contribution in [2.45, 2.75) is 115 Å². The number of para-hydroxylation sites is 1. The van der Waals surface area contributed by atoms with Gasteiger partial charge in [-0.25, -0.2) is 9.78 Å². The number of pyridine rings is 1. The number of aromatic nitrogens is 5. The number of nitrogens with zero attached hydrogens (tertiary/aromatic N) is 6. The molecule has 5 heterocycles. The molecule has 2 aromatic carbocycles. The van der Waals surface area contributed by atoms with E-state index in [0.29, 0.717) is 40.4 Å². The van der Waals surface area contributed by atoms with Gasteiger partial charge in [-0.3, -0.25) is 33.5 Å². The summed E-state index contributed by atoms with van der Waals surface area (Å²) in [5.41, 5.74) is 2.69. The number of hydrogen-bond acceptors (Lipinski definition) is 9. The number of alkyl halides is 3. The summed E-state index contributed by atoms with van der Waals surface area (Å²) in [4.78, 5) is 57.4. The first kappa shape index (κ1) is 43.7. The summed E-state index contributed by atoms with van der Waals surface area (Å²) < 4.78 is 47.4. The van der Waals surface area contributed by atoms with E-state index in [0.717, 1.165) is 86.2 Å². The Morgan fingerprint density at radius 3 is 2.42 bits per heavy atom. The van der Waals surface area contributed by atoms with Crippen LogP contribution in [0.1, 0.15) is 118 Å². The van der Waals surface area contributed by atoms with Gasteiger partial charge in [0.1, 0.15) is 11.7 Å². The zero-order valence-corrected chi connectivity index (χ0v) is 36.4. The van der Waals surface area contributed by atoms with Crippen LogP contribution in [-0.2, 0) is 28.7 Å². The molecule has 2 aliphatic heterocycles. The van der Waals surface area contributed by atoms with Gasteiger partial charge in [0.05, 0.1) is 28.2 Å². The number of piperidine rings is 2. The molecule has 9 rings (SSSR count). The van der Waals surface area contributed by atoms with E-state index in [2.05, 4.69) is 31.3 Å². The number of carbonyl (C=O) groups excluding carboxylic acids is 3. The van der Waals surface area contributed by atoms with Crippen LogP contribution in [0.3, 0.4) is 0 Å². The summed E-state index contributed by atoms with van der Waals surface area (Å²) in [6.07, 6.45) is 8.60. The normalized spacial score (nSPS) is 22.2. The molecule has 0 bridgehead atoms. The van der Waals surface area contributed by atoms with E-state index in [9.17, 15) is 37.5 Å². The van der Waals surface area contributed by atoms with E-state index in [1.807, 2.05) is 23.0 Å². The SMILES string of the molecule is Cn1c(=O)n(C2CCC(=O)NC2=O)c2cccc(CCC3CC4(CCN(CC5CCC(n6cc7cc(NC(=O)c8cccc(OC(F)(F)F)n8)c(C(C)(C)O)cc7n6)CC5)CC4)C3)c21. The third-order valence-corrected chi connectivity index (χ3v) is 14.3. The molecule has 3 aromatic heterocycles. The first-order valence-electron chi connectivity index (χ1n) is 22.5. The van der Waals surface area contributed by atoms with Crippen LogP contribution < -0.4 is 21.1 Å². The Morgan fingerprint density at radius 2 is 1.72 bits per heavy atom. The van der Waals surface area contributed by atoms with Crippen LogP contribution in [-0.4, -0.2) is 77.6 Å². The van der Waals surface area contributed by atoms with Gasteiger partial charge in [-0.05, 0) is 145 Å². The van der Waals surface area contributed by atoms with Crippen LogP contribution in [0.4, 0.5) is 18.9 Å². The summed E-state index contributed by atoms with van der Waals surface area (Å²) >= 11 is 0. The van der Waals surface area contributed by atoms with E-state index in [-0.39, 0.29) is 29.8 Å². The number of likely N-dealkylation sites (tertiary alicyclic amines) is 1. The third kappa shape index (κ3) is 8.93. The number of amides is 3. The molecule has 1 unspecified atom stereocenters. The predicted octanol–water partition coefficient (Wildman–Crippen LogP) is 7.30. The van der Waals surface area contributed by atoms with Gasteiger partial charge in [0.25, 0.3) is 5.91 Å². The zero-order valence-electron chi connectivity index (χ0n) is 36.4. The van der Waals surface area contributed by atoms with Gasteiger partial charge in [0, 0.05) is 48.9 Å². The Hall–Kier alpha value is -5.55. The Labute approximate surface area is 368 Å². The van der Waals surface area contributed by atoms with Gasteiger partial charge < -0.3 is 20.1 Å².